The smallest absolute Gasteiger partial charge is 0.249 e. The third kappa shape index (κ3) is 2.57. The molecular weight excluding hydrogens is 210 g/mol. The minimum Gasteiger partial charge on any atom is -0.392 e. The summed E-state index contributed by atoms with van der Waals surface area (Å²) in [5, 5.41) is 27.9. The molecule has 0 aliphatic carbocycles. The summed E-state index contributed by atoms with van der Waals surface area (Å²) in [4.78, 5) is 10.7. The van der Waals surface area contributed by atoms with Crippen molar-refractivity contribution >= 4 is 5.91 Å². The average molecular weight is 225 g/mol. The van der Waals surface area contributed by atoms with Gasteiger partial charge in [0.05, 0.1) is 6.61 Å². The molecule has 1 aromatic rings. The molecule has 0 saturated carbocycles. The maximum Gasteiger partial charge on any atom is 0.249 e. The third-order valence-corrected chi connectivity index (χ3v) is 2.43. The third-order valence-electron chi connectivity index (χ3n) is 2.43. The zero-order valence-electron chi connectivity index (χ0n) is 8.92. The van der Waals surface area contributed by atoms with Gasteiger partial charge in [0.15, 0.2) is 6.10 Å². The lowest BCUT2D eigenvalue weighted by Crippen LogP contribution is -2.34. The fraction of sp³-hybridized carbons (Fsp3) is 0.364. The summed E-state index contributed by atoms with van der Waals surface area (Å²) in [6.45, 7) is 1.61. The van der Waals surface area contributed by atoms with Gasteiger partial charge >= 0.3 is 0 Å². The molecule has 0 bridgehead atoms. The quantitative estimate of drug-likeness (QED) is 0.547. The van der Waals surface area contributed by atoms with Crippen LogP contribution in [0.1, 0.15) is 22.8 Å². The van der Waals surface area contributed by atoms with Crippen LogP contribution < -0.4 is 5.73 Å². The van der Waals surface area contributed by atoms with Gasteiger partial charge in [0, 0.05) is 0 Å². The van der Waals surface area contributed by atoms with Gasteiger partial charge in [-0.3, -0.25) is 4.79 Å². The molecule has 0 aliphatic rings. The van der Waals surface area contributed by atoms with Gasteiger partial charge in [0.2, 0.25) is 5.91 Å². The Morgan fingerprint density at radius 2 is 2.06 bits per heavy atom. The van der Waals surface area contributed by atoms with E-state index in [9.17, 15) is 15.0 Å². The molecule has 0 heterocycles. The first-order chi connectivity index (χ1) is 7.47. The minimum absolute atomic E-state index is 0.102. The van der Waals surface area contributed by atoms with Crippen molar-refractivity contribution < 1.29 is 20.1 Å². The Balaban J connectivity index is 3.00. The van der Waals surface area contributed by atoms with Crippen LogP contribution in [-0.4, -0.2) is 27.3 Å². The van der Waals surface area contributed by atoms with Crippen molar-refractivity contribution in [2.75, 3.05) is 0 Å². The van der Waals surface area contributed by atoms with Crippen molar-refractivity contribution in [3.05, 3.63) is 34.9 Å². The van der Waals surface area contributed by atoms with E-state index in [1.807, 2.05) is 0 Å². The number of hydrogen-bond donors (Lipinski definition) is 4. The van der Waals surface area contributed by atoms with Gasteiger partial charge in [-0.1, -0.05) is 18.2 Å². The van der Waals surface area contributed by atoms with Crippen LogP contribution >= 0.6 is 0 Å². The number of hydrogen-bond acceptors (Lipinski definition) is 4. The van der Waals surface area contributed by atoms with E-state index in [4.69, 9.17) is 10.8 Å². The van der Waals surface area contributed by atoms with Crippen LogP contribution in [0.4, 0.5) is 0 Å². The average Bonchev–Trinajstić information content (AvgIpc) is 2.26. The lowest BCUT2D eigenvalue weighted by molar-refractivity contribution is -0.132. The highest BCUT2D eigenvalue weighted by Crippen LogP contribution is 2.21. The second-order valence-corrected chi connectivity index (χ2v) is 3.64. The van der Waals surface area contributed by atoms with Crippen LogP contribution in [0.5, 0.6) is 0 Å². The van der Waals surface area contributed by atoms with Crippen molar-refractivity contribution in [2.24, 2.45) is 5.73 Å². The maximum absolute atomic E-state index is 10.7. The van der Waals surface area contributed by atoms with Crippen LogP contribution in [0.2, 0.25) is 0 Å². The Morgan fingerprint density at radius 1 is 1.44 bits per heavy atom. The number of carbonyl (C=O) groups excluding carboxylic acids is 1. The molecule has 5 N–H and O–H groups in total. The van der Waals surface area contributed by atoms with E-state index >= 15 is 0 Å². The predicted molar refractivity (Wildman–Crippen MR) is 57.3 cm³/mol. The first kappa shape index (κ1) is 12.6. The molecule has 16 heavy (non-hydrogen) atoms. The molecule has 0 aromatic heterocycles. The second-order valence-electron chi connectivity index (χ2n) is 3.64. The molecular formula is C11H15NO4. The van der Waals surface area contributed by atoms with Gasteiger partial charge < -0.3 is 21.1 Å². The molecule has 1 rings (SSSR count). The van der Waals surface area contributed by atoms with Crippen molar-refractivity contribution in [2.45, 2.75) is 25.7 Å². The fourth-order valence-corrected chi connectivity index (χ4v) is 1.49. The molecule has 2 atom stereocenters. The summed E-state index contributed by atoms with van der Waals surface area (Å²) in [6, 6.07) is 4.84. The summed E-state index contributed by atoms with van der Waals surface area (Å²) >= 11 is 0. The highest BCUT2D eigenvalue weighted by atomic mass is 16.3. The van der Waals surface area contributed by atoms with E-state index in [1.54, 1.807) is 25.1 Å². The molecule has 0 saturated heterocycles. The summed E-state index contributed by atoms with van der Waals surface area (Å²) in [5.41, 5.74) is 6.69. The van der Waals surface area contributed by atoms with Gasteiger partial charge in [0.1, 0.15) is 6.10 Å². The van der Waals surface area contributed by atoms with Crippen LogP contribution in [0.25, 0.3) is 0 Å². The molecule has 1 amide bonds. The van der Waals surface area contributed by atoms with Crippen LogP contribution in [0.3, 0.4) is 0 Å². The Morgan fingerprint density at radius 3 is 2.50 bits per heavy atom. The Kier molecular flexibility index (Phi) is 4.00. The number of amides is 1. The molecule has 0 aliphatic heterocycles. The monoisotopic (exact) mass is 225 g/mol. The summed E-state index contributed by atoms with van der Waals surface area (Å²) in [7, 11) is 0. The van der Waals surface area contributed by atoms with Crippen molar-refractivity contribution in [1.82, 2.24) is 0 Å². The SMILES string of the molecule is Cc1cc(CO)ccc1C(O)C(O)C(N)=O. The normalized spacial score (nSPS) is 14.5. The maximum atomic E-state index is 10.7. The molecule has 2 unspecified atom stereocenters. The van der Waals surface area contributed by atoms with Gasteiger partial charge in [-0.2, -0.15) is 0 Å². The Hall–Kier alpha value is -1.43. The number of nitrogens with two attached hydrogens (primary N) is 1. The van der Waals surface area contributed by atoms with Gasteiger partial charge in [-0.15, -0.1) is 0 Å². The van der Waals surface area contributed by atoms with Crippen molar-refractivity contribution in [3.8, 4) is 0 Å². The number of benzene rings is 1. The zero-order valence-corrected chi connectivity index (χ0v) is 8.92. The lowest BCUT2D eigenvalue weighted by atomic mass is 9.97. The van der Waals surface area contributed by atoms with Gasteiger partial charge in [0.25, 0.3) is 0 Å². The summed E-state index contributed by atoms with van der Waals surface area (Å²) in [5.74, 6) is -0.974. The minimum atomic E-state index is -1.63. The standard InChI is InChI=1S/C11H15NO4/c1-6-4-7(5-13)2-3-8(6)9(14)10(15)11(12)16/h2-4,9-10,13-15H,5H2,1H3,(H2,12,16). The van der Waals surface area contributed by atoms with Crippen molar-refractivity contribution in [1.29, 1.82) is 0 Å². The number of aliphatic hydroxyl groups excluding tert-OH is 3. The molecule has 1 aromatic carbocycles. The summed E-state index contributed by atoms with van der Waals surface area (Å²) < 4.78 is 0. The Labute approximate surface area is 93.1 Å². The van der Waals surface area contributed by atoms with E-state index in [1.165, 1.54) is 0 Å². The number of primary amides is 1. The molecule has 5 nitrogen and oxygen atoms in total. The van der Waals surface area contributed by atoms with E-state index in [0.717, 1.165) is 0 Å². The van der Waals surface area contributed by atoms with Crippen LogP contribution in [-0.2, 0) is 11.4 Å². The highest BCUT2D eigenvalue weighted by molar-refractivity contribution is 5.79. The van der Waals surface area contributed by atoms with E-state index in [2.05, 4.69) is 0 Å². The first-order valence-electron chi connectivity index (χ1n) is 4.83. The van der Waals surface area contributed by atoms with Crippen molar-refractivity contribution in [3.63, 3.8) is 0 Å². The van der Waals surface area contributed by atoms with E-state index in [0.29, 0.717) is 16.7 Å². The topological polar surface area (TPSA) is 104 Å². The number of aliphatic hydroxyl groups is 3. The van der Waals surface area contributed by atoms with Crippen LogP contribution in [0.15, 0.2) is 18.2 Å². The molecule has 5 heteroatoms. The second kappa shape index (κ2) is 5.07. The number of aryl methyl sites for hydroxylation is 1. The first-order valence-corrected chi connectivity index (χ1v) is 4.83. The Bertz CT molecular complexity index is 392. The zero-order chi connectivity index (χ0) is 12.3. The molecule has 88 valence electrons. The molecule has 0 radical (unpaired) electrons. The predicted octanol–water partition coefficient (Wildman–Crippen LogP) is -0.633. The van der Waals surface area contributed by atoms with Gasteiger partial charge in [-0.05, 0) is 23.6 Å². The number of rotatable bonds is 4. The largest absolute Gasteiger partial charge is 0.392 e. The fourth-order valence-electron chi connectivity index (χ4n) is 1.49. The van der Waals surface area contributed by atoms with E-state index < -0.39 is 18.1 Å². The summed E-state index contributed by atoms with van der Waals surface area (Å²) in [6.07, 6.45) is -2.97. The van der Waals surface area contributed by atoms with E-state index in [-0.39, 0.29) is 6.61 Å². The molecule has 0 fully saturated rings. The molecule has 0 spiro atoms. The van der Waals surface area contributed by atoms with Gasteiger partial charge in [-0.25, -0.2) is 0 Å². The van der Waals surface area contributed by atoms with Crippen LogP contribution in [0, 0.1) is 6.92 Å². The highest BCUT2D eigenvalue weighted by Gasteiger charge is 2.24. The number of carbonyl (C=O) groups is 1. The lowest BCUT2D eigenvalue weighted by Gasteiger charge is -2.17.